The van der Waals surface area contributed by atoms with E-state index in [0.29, 0.717) is 17.0 Å². The van der Waals surface area contributed by atoms with Crippen molar-refractivity contribution in [1.29, 1.82) is 0 Å². The minimum absolute atomic E-state index is 0.114. The third kappa shape index (κ3) is 5.83. The fraction of sp³-hybridized carbons (Fsp3) is 0.242. The summed E-state index contributed by atoms with van der Waals surface area (Å²) >= 11 is 6.43. The molecule has 1 fully saturated rings. The lowest BCUT2D eigenvalue weighted by Gasteiger charge is -2.31. The summed E-state index contributed by atoms with van der Waals surface area (Å²) < 4.78 is 74.9. The van der Waals surface area contributed by atoms with Crippen LogP contribution < -0.4 is 5.32 Å². The van der Waals surface area contributed by atoms with E-state index in [1.807, 2.05) is 0 Å². The molecule has 1 amide bonds. The minimum Gasteiger partial charge on any atom is -0.386 e. The molecule has 3 aromatic carbocycles. The summed E-state index contributed by atoms with van der Waals surface area (Å²) in [5, 5.41) is 30.9. The van der Waals surface area contributed by atoms with Crippen molar-refractivity contribution in [2.75, 3.05) is 6.54 Å². The lowest BCUT2D eigenvalue weighted by atomic mass is 9.86. The molecule has 2 aromatic heterocycles. The highest BCUT2D eigenvalue weighted by Crippen LogP contribution is 2.38. The number of pyridine rings is 1. The van der Waals surface area contributed by atoms with E-state index in [-0.39, 0.29) is 28.3 Å². The number of nitrogens with one attached hydrogen (secondary N) is 1. The lowest BCUT2D eigenvalue weighted by molar-refractivity contribution is 0.0624. The largest absolute Gasteiger partial charge is 0.386 e. The average Bonchev–Trinajstić information content (AvgIpc) is 3.75. The van der Waals surface area contributed by atoms with Crippen molar-refractivity contribution < 1.29 is 37.0 Å². The smallest absolute Gasteiger partial charge is 0.251 e. The van der Waals surface area contributed by atoms with Gasteiger partial charge in [-0.3, -0.25) is 9.48 Å². The van der Waals surface area contributed by atoms with Crippen LogP contribution in [0.3, 0.4) is 0 Å². The van der Waals surface area contributed by atoms with E-state index < -0.39 is 75.3 Å². The van der Waals surface area contributed by atoms with Crippen molar-refractivity contribution in [1.82, 2.24) is 20.1 Å². The summed E-state index contributed by atoms with van der Waals surface area (Å²) in [5.41, 5.74) is -6.55. The van der Waals surface area contributed by atoms with Crippen molar-refractivity contribution in [3.63, 3.8) is 0 Å². The monoisotopic (exact) mass is 656 g/mol. The zero-order chi connectivity index (χ0) is 33.1. The highest BCUT2D eigenvalue weighted by Gasteiger charge is 2.38. The summed E-state index contributed by atoms with van der Waals surface area (Å²) in [6.07, 6.45) is 3.74. The molecule has 6 rings (SSSR count). The van der Waals surface area contributed by atoms with Gasteiger partial charge in [-0.05, 0) is 68.7 Å². The number of hydrogen-bond donors (Lipinski definition) is 3. The van der Waals surface area contributed by atoms with Gasteiger partial charge in [0.25, 0.3) is 5.91 Å². The van der Waals surface area contributed by atoms with Crippen molar-refractivity contribution in [2.45, 2.75) is 43.9 Å². The Morgan fingerprint density at radius 1 is 1.00 bits per heavy atom. The van der Waals surface area contributed by atoms with Crippen LogP contribution in [0.25, 0.3) is 22.2 Å². The maximum Gasteiger partial charge on any atom is 0.251 e. The normalized spacial score (nSPS) is 14.8. The Bertz CT molecular complexity index is 2030. The van der Waals surface area contributed by atoms with E-state index in [2.05, 4.69) is 15.4 Å². The molecule has 0 spiro atoms. The number of halogens is 6. The molecule has 238 valence electrons. The quantitative estimate of drug-likeness (QED) is 0.128. The predicted octanol–water partition coefficient (Wildman–Crippen LogP) is 6.68. The van der Waals surface area contributed by atoms with Crippen molar-refractivity contribution in [2.24, 2.45) is 0 Å². The Labute approximate surface area is 264 Å². The first kappa shape index (κ1) is 31.6. The number of carbonyl (C=O) groups excluding carboxylic acids is 1. The number of amides is 1. The SMILES string of the molecule is CC(C)(O)c1cc([C@@](O)(CNC(=O)c2cc(Cl)c3nn(C4CC4)cc3c2)c2cccc(F)c2)nc(-c2cc(F)c(F)cc2F)c1F. The number of nitrogens with zero attached hydrogens (tertiary/aromatic N) is 3. The molecular formula is C33H26ClF5N4O3. The fourth-order valence-electron chi connectivity index (χ4n) is 5.23. The number of hydrogen-bond acceptors (Lipinski definition) is 5. The van der Waals surface area contributed by atoms with Gasteiger partial charge in [-0.2, -0.15) is 5.10 Å². The van der Waals surface area contributed by atoms with Gasteiger partial charge in [-0.1, -0.05) is 23.7 Å². The third-order valence-electron chi connectivity index (χ3n) is 7.88. The van der Waals surface area contributed by atoms with Gasteiger partial charge in [0.05, 0.1) is 28.9 Å². The molecule has 0 radical (unpaired) electrons. The first-order valence-electron chi connectivity index (χ1n) is 14.2. The Morgan fingerprint density at radius 3 is 2.39 bits per heavy atom. The van der Waals surface area contributed by atoms with E-state index in [0.717, 1.165) is 31.0 Å². The van der Waals surface area contributed by atoms with Gasteiger partial charge >= 0.3 is 0 Å². The van der Waals surface area contributed by atoms with Gasteiger partial charge in [0.15, 0.2) is 17.5 Å². The number of rotatable bonds is 8. The van der Waals surface area contributed by atoms with Gasteiger partial charge in [0.1, 0.15) is 28.4 Å². The predicted molar refractivity (Wildman–Crippen MR) is 159 cm³/mol. The summed E-state index contributed by atoms with van der Waals surface area (Å²) in [6.45, 7) is 1.72. The van der Waals surface area contributed by atoms with Gasteiger partial charge in [0.2, 0.25) is 0 Å². The van der Waals surface area contributed by atoms with Gasteiger partial charge in [-0.15, -0.1) is 0 Å². The molecule has 3 N–H and O–H groups in total. The van der Waals surface area contributed by atoms with Crippen LogP contribution in [-0.2, 0) is 11.2 Å². The molecule has 1 saturated carbocycles. The van der Waals surface area contributed by atoms with E-state index in [9.17, 15) is 32.6 Å². The molecule has 0 aliphatic heterocycles. The molecule has 1 aliphatic rings. The van der Waals surface area contributed by atoms with Crippen LogP contribution in [0.4, 0.5) is 22.0 Å². The number of carbonyl (C=O) groups is 1. The number of aromatic nitrogens is 3. The topological polar surface area (TPSA) is 100 Å². The second-order valence-corrected chi connectivity index (χ2v) is 12.2. The summed E-state index contributed by atoms with van der Waals surface area (Å²) in [5.74, 6) is -7.15. The Kier molecular flexibility index (Phi) is 7.86. The van der Waals surface area contributed by atoms with Crippen LogP contribution in [0, 0.1) is 29.1 Å². The summed E-state index contributed by atoms with van der Waals surface area (Å²) in [4.78, 5) is 17.5. The number of benzene rings is 3. The first-order valence-corrected chi connectivity index (χ1v) is 14.6. The van der Waals surface area contributed by atoms with Crippen LogP contribution in [-0.4, -0.2) is 37.4 Å². The van der Waals surface area contributed by atoms with E-state index in [1.165, 1.54) is 32.0 Å². The summed E-state index contributed by atoms with van der Waals surface area (Å²) in [7, 11) is 0. The first-order chi connectivity index (χ1) is 21.7. The third-order valence-corrected chi connectivity index (χ3v) is 8.16. The molecule has 5 aromatic rings. The van der Waals surface area contributed by atoms with E-state index in [4.69, 9.17) is 11.6 Å². The standard InChI is InChI=1S/C33H26ClF5N4O3/c1-32(2,45)22-12-27(41-30(28(22)39)21-11-25(37)26(38)13-24(21)36)33(46,18-4-3-5-19(35)10-18)15-40-31(44)16-8-17-14-43(20-6-7-20)42-29(17)23(34)9-16/h3-5,8-14,20,45-46H,6-7,15H2,1-2H3,(H,40,44)/t33-/m1/s1. The fourth-order valence-corrected chi connectivity index (χ4v) is 5.50. The van der Waals surface area contributed by atoms with E-state index >= 15 is 4.39 Å². The Hall–Kier alpha value is -4.39. The van der Waals surface area contributed by atoms with Gasteiger partial charge < -0.3 is 15.5 Å². The van der Waals surface area contributed by atoms with Crippen LogP contribution in [0.2, 0.25) is 5.02 Å². The molecule has 0 unspecified atom stereocenters. The number of fused-ring (bicyclic) bond motifs is 1. The molecule has 1 atom stereocenters. The lowest BCUT2D eigenvalue weighted by Crippen LogP contribution is -2.43. The highest BCUT2D eigenvalue weighted by molar-refractivity contribution is 6.35. The highest BCUT2D eigenvalue weighted by atomic mass is 35.5. The van der Waals surface area contributed by atoms with Crippen LogP contribution >= 0.6 is 11.6 Å². The van der Waals surface area contributed by atoms with Crippen LogP contribution in [0.15, 0.2) is 60.8 Å². The zero-order valence-electron chi connectivity index (χ0n) is 24.4. The van der Waals surface area contributed by atoms with Crippen molar-refractivity contribution in [3.05, 3.63) is 117 Å². The minimum atomic E-state index is -2.43. The molecule has 0 bridgehead atoms. The maximum absolute atomic E-state index is 15.8. The Balaban J connectivity index is 1.45. The van der Waals surface area contributed by atoms with Gasteiger partial charge in [-0.25, -0.2) is 26.9 Å². The Morgan fingerprint density at radius 2 is 1.72 bits per heavy atom. The molecule has 13 heteroatoms. The van der Waals surface area contributed by atoms with Gasteiger partial charge in [0, 0.05) is 34.3 Å². The molecule has 7 nitrogen and oxygen atoms in total. The molecular weight excluding hydrogens is 631 g/mol. The second-order valence-electron chi connectivity index (χ2n) is 11.8. The zero-order valence-corrected chi connectivity index (χ0v) is 25.1. The molecule has 0 saturated heterocycles. The number of aliphatic hydroxyl groups is 2. The summed E-state index contributed by atoms with van der Waals surface area (Å²) in [6, 6.07) is 9.45. The van der Waals surface area contributed by atoms with E-state index in [1.54, 1.807) is 16.9 Å². The van der Waals surface area contributed by atoms with Crippen molar-refractivity contribution >= 4 is 28.4 Å². The van der Waals surface area contributed by atoms with Crippen molar-refractivity contribution in [3.8, 4) is 11.3 Å². The second kappa shape index (κ2) is 11.4. The van der Waals surface area contributed by atoms with Crippen LogP contribution in [0.1, 0.15) is 59.9 Å². The van der Waals surface area contributed by atoms with Crippen LogP contribution in [0.5, 0.6) is 0 Å². The molecule has 46 heavy (non-hydrogen) atoms. The maximum atomic E-state index is 15.8. The average molecular weight is 657 g/mol. The molecule has 1 aliphatic carbocycles. The molecule has 2 heterocycles.